The van der Waals surface area contributed by atoms with Crippen LogP contribution in [-0.4, -0.2) is 59.9 Å². The number of ether oxygens (including phenoxy) is 1. The van der Waals surface area contributed by atoms with Crippen molar-refractivity contribution in [2.75, 3.05) is 7.11 Å². The number of amides is 1. The molecule has 10 nitrogen and oxygen atoms in total. The summed E-state index contributed by atoms with van der Waals surface area (Å²) in [5, 5.41) is 9.71. The van der Waals surface area contributed by atoms with Crippen molar-refractivity contribution in [2.45, 2.75) is 37.5 Å². The second kappa shape index (κ2) is 10.3. The second-order valence-electron chi connectivity index (χ2n) is 9.43. The van der Waals surface area contributed by atoms with E-state index >= 15 is 4.39 Å². The number of rotatable bonds is 6. The first-order valence-corrected chi connectivity index (χ1v) is 12.4. The Bertz CT molecular complexity index is 1640. The predicted octanol–water partition coefficient (Wildman–Crippen LogP) is 4.10. The van der Waals surface area contributed by atoms with E-state index < -0.39 is 17.5 Å². The lowest BCUT2D eigenvalue weighted by atomic mass is 9.88. The van der Waals surface area contributed by atoms with Gasteiger partial charge >= 0.3 is 0 Å². The van der Waals surface area contributed by atoms with Crippen LogP contribution in [0.15, 0.2) is 61.2 Å². The number of hydrogen-bond donors (Lipinski definition) is 2. The number of pyridine rings is 2. The number of methoxy groups -OCH3 is 1. The van der Waals surface area contributed by atoms with Gasteiger partial charge in [0.2, 0.25) is 0 Å². The number of benzene rings is 1. The standard InChI is InChI=1S/C27H24F2N8O2/c1-39-18-10-16(34-27(38)22-8-15(28)6-7-30-22)9-17(11-18)37-24-12-21(25-32-14-33-36-25)31-13-23(24)35-26(37)19-4-2-3-5-20(19)29/h2-8,12-14,16-18H,9-11H2,1H3,(H,34,38)(H,32,33,36)/t16-,17+,18+/m1/s1. The van der Waals surface area contributed by atoms with Crippen LogP contribution in [0.5, 0.6) is 0 Å². The quantitative estimate of drug-likeness (QED) is 0.339. The highest BCUT2D eigenvalue weighted by molar-refractivity contribution is 5.92. The predicted molar refractivity (Wildman–Crippen MR) is 137 cm³/mol. The molecule has 0 unspecified atom stereocenters. The SMILES string of the molecule is CO[C@H]1C[C@H](NC(=O)c2cc(F)ccn2)C[C@H](n2c(-c3ccccc3F)nc3cnc(-c4ncn[nH]4)cc32)C1. The molecule has 0 saturated heterocycles. The molecule has 198 valence electrons. The van der Waals surface area contributed by atoms with E-state index in [9.17, 15) is 9.18 Å². The van der Waals surface area contributed by atoms with E-state index in [2.05, 4.69) is 30.5 Å². The molecule has 6 rings (SSSR count). The van der Waals surface area contributed by atoms with Crippen molar-refractivity contribution in [1.82, 2.24) is 40.0 Å². The van der Waals surface area contributed by atoms with Gasteiger partial charge in [0.25, 0.3) is 5.91 Å². The van der Waals surface area contributed by atoms with Crippen molar-refractivity contribution in [3.8, 4) is 22.9 Å². The first kappa shape index (κ1) is 24.7. The fourth-order valence-corrected chi connectivity index (χ4v) is 5.21. The Morgan fingerprint density at radius 2 is 1.97 bits per heavy atom. The molecule has 1 amide bonds. The van der Waals surface area contributed by atoms with Gasteiger partial charge in [-0.15, -0.1) is 0 Å². The number of hydrogen-bond acceptors (Lipinski definition) is 7. The lowest BCUT2D eigenvalue weighted by molar-refractivity contribution is 0.0397. The molecular formula is C27H24F2N8O2. The summed E-state index contributed by atoms with van der Waals surface area (Å²) in [4.78, 5) is 30.3. The lowest BCUT2D eigenvalue weighted by Crippen LogP contribution is -2.43. The molecule has 1 aromatic carbocycles. The molecule has 4 aromatic heterocycles. The maximum absolute atomic E-state index is 15.1. The summed E-state index contributed by atoms with van der Waals surface area (Å²) in [6, 6.07) is 10.1. The number of imidazole rings is 1. The lowest BCUT2D eigenvalue weighted by Gasteiger charge is -2.36. The molecule has 1 saturated carbocycles. The number of carbonyl (C=O) groups is 1. The summed E-state index contributed by atoms with van der Waals surface area (Å²) in [6.45, 7) is 0. The van der Waals surface area contributed by atoms with Gasteiger partial charge in [0.1, 0.15) is 40.7 Å². The van der Waals surface area contributed by atoms with Crippen LogP contribution in [0, 0.1) is 11.6 Å². The van der Waals surface area contributed by atoms with Crippen molar-refractivity contribution in [3.63, 3.8) is 0 Å². The van der Waals surface area contributed by atoms with Crippen LogP contribution in [0.2, 0.25) is 0 Å². The second-order valence-corrected chi connectivity index (χ2v) is 9.43. The van der Waals surface area contributed by atoms with E-state index in [1.807, 2.05) is 10.6 Å². The molecule has 0 spiro atoms. The Hall–Kier alpha value is -4.58. The number of carbonyl (C=O) groups excluding carboxylic acids is 1. The number of fused-ring (bicyclic) bond motifs is 1. The van der Waals surface area contributed by atoms with Gasteiger partial charge in [0.15, 0.2) is 5.82 Å². The summed E-state index contributed by atoms with van der Waals surface area (Å²) < 4.78 is 36.5. The van der Waals surface area contributed by atoms with Crippen molar-refractivity contribution < 1.29 is 18.3 Å². The molecule has 5 aromatic rings. The minimum absolute atomic E-state index is 0.00556. The number of aromatic nitrogens is 7. The molecule has 0 aliphatic heterocycles. The van der Waals surface area contributed by atoms with Gasteiger partial charge in [0, 0.05) is 31.5 Å². The molecule has 3 atom stereocenters. The number of nitrogens with zero attached hydrogens (tertiary/aromatic N) is 6. The fourth-order valence-electron chi connectivity index (χ4n) is 5.21. The Balaban J connectivity index is 1.42. The minimum Gasteiger partial charge on any atom is -0.381 e. The van der Waals surface area contributed by atoms with E-state index in [1.165, 1.54) is 24.7 Å². The molecule has 39 heavy (non-hydrogen) atoms. The summed E-state index contributed by atoms with van der Waals surface area (Å²) in [7, 11) is 1.62. The highest BCUT2D eigenvalue weighted by atomic mass is 19.1. The smallest absolute Gasteiger partial charge is 0.270 e. The van der Waals surface area contributed by atoms with Crippen LogP contribution in [0.4, 0.5) is 8.78 Å². The Morgan fingerprint density at radius 1 is 1.10 bits per heavy atom. The van der Waals surface area contributed by atoms with Crippen molar-refractivity contribution >= 4 is 16.9 Å². The zero-order chi connectivity index (χ0) is 26.9. The maximum atomic E-state index is 15.1. The van der Waals surface area contributed by atoms with Gasteiger partial charge < -0.3 is 14.6 Å². The minimum atomic E-state index is -0.540. The maximum Gasteiger partial charge on any atom is 0.270 e. The van der Waals surface area contributed by atoms with Gasteiger partial charge in [-0.1, -0.05) is 12.1 Å². The van der Waals surface area contributed by atoms with E-state index in [0.717, 1.165) is 11.6 Å². The van der Waals surface area contributed by atoms with Crippen LogP contribution in [0.25, 0.3) is 33.9 Å². The van der Waals surface area contributed by atoms with Crippen LogP contribution in [-0.2, 0) is 4.74 Å². The average Bonchev–Trinajstić information content (AvgIpc) is 3.61. The van der Waals surface area contributed by atoms with Crippen LogP contribution >= 0.6 is 0 Å². The zero-order valence-electron chi connectivity index (χ0n) is 20.9. The largest absolute Gasteiger partial charge is 0.381 e. The fraction of sp³-hybridized carbons (Fsp3) is 0.259. The third kappa shape index (κ3) is 4.86. The van der Waals surface area contributed by atoms with E-state index in [1.54, 1.807) is 31.5 Å². The Kier molecular flexibility index (Phi) is 6.53. The number of halogens is 2. The van der Waals surface area contributed by atoms with Gasteiger partial charge in [-0.05, 0) is 43.5 Å². The topological polar surface area (TPSA) is 124 Å². The normalized spacial score (nSPS) is 19.3. The molecule has 1 aliphatic carbocycles. The summed E-state index contributed by atoms with van der Waals surface area (Å²) in [5.74, 6) is -0.487. The third-order valence-electron chi connectivity index (χ3n) is 6.98. The molecular weight excluding hydrogens is 506 g/mol. The number of nitrogens with one attached hydrogen (secondary N) is 2. The molecule has 1 fully saturated rings. The van der Waals surface area contributed by atoms with Crippen LogP contribution < -0.4 is 5.32 Å². The highest BCUT2D eigenvalue weighted by Gasteiger charge is 2.34. The van der Waals surface area contributed by atoms with E-state index in [-0.39, 0.29) is 23.9 Å². The molecule has 0 radical (unpaired) electrons. The summed E-state index contributed by atoms with van der Waals surface area (Å²) >= 11 is 0. The van der Waals surface area contributed by atoms with E-state index in [4.69, 9.17) is 9.72 Å². The molecule has 0 bridgehead atoms. The van der Waals surface area contributed by atoms with Crippen LogP contribution in [0.3, 0.4) is 0 Å². The molecule has 2 N–H and O–H groups in total. The van der Waals surface area contributed by atoms with Gasteiger partial charge in [-0.2, -0.15) is 5.10 Å². The van der Waals surface area contributed by atoms with Crippen molar-refractivity contribution in [3.05, 3.63) is 78.5 Å². The Labute approximate surface area is 221 Å². The van der Waals surface area contributed by atoms with Gasteiger partial charge in [-0.25, -0.2) is 18.7 Å². The van der Waals surface area contributed by atoms with Gasteiger partial charge in [0.05, 0.1) is 23.4 Å². The first-order valence-electron chi connectivity index (χ1n) is 12.4. The monoisotopic (exact) mass is 530 g/mol. The summed E-state index contributed by atoms with van der Waals surface area (Å²) in [5.41, 5.74) is 2.21. The Morgan fingerprint density at radius 3 is 2.74 bits per heavy atom. The summed E-state index contributed by atoms with van der Waals surface area (Å²) in [6.07, 6.45) is 5.75. The molecule has 4 heterocycles. The first-order chi connectivity index (χ1) is 19.0. The van der Waals surface area contributed by atoms with Crippen molar-refractivity contribution in [2.24, 2.45) is 0 Å². The zero-order valence-corrected chi connectivity index (χ0v) is 20.9. The average molecular weight is 531 g/mol. The molecule has 12 heteroatoms. The molecule has 1 aliphatic rings. The van der Waals surface area contributed by atoms with Gasteiger partial charge in [-0.3, -0.25) is 19.9 Å². The third-order valence-corrected chi connectivity index (χ3v) is 6.98. The highest BCUT2D eigenvalue weighted by Crippen LogP contribution is 2.38. The number of aromatic amines is 1. The number of H-pyrrole nitrogens is 1. The van der Waals surface area contributed by atoms with E-state index in [0.29, 0.717) is 47.7 Å². The van der Waals surface area contributed by atoms with Crippen LogP contribution in [0.1, 0.15) is 35.8 Å². The van der Waals surface area contributed by atoms with Crippen molar-refractivity contribution in [1.29, 1.82) is 0 Å².